The van der Waals surface area contributed by atoms with E-state index in [0.29, 0.717) is 37.4 Å². The lowest BCUT2D eigenvalue weighted by Gasteiger charge is -2.35. The normalized spacial score (nSPS) is 21.4. The van der Waals surface area contributed by atoms with Gasteiger partial charge in [0, 0.05) is 50.0 Å². The number of rotatable bonds is 6. The number of sulfonamides is 2. The highest BCUT2D eigenvalue weighted by atomic mass is 32.2. The Bertz CT molecular complexity index is 1960. The predicted octanol–water partition coefficient (Wildman–Crippen LogP) is 5.57. The number of fused-ring (bicyclic) bond motifs is 2. The van der Waals surface area contributed by atoms with Crippen LogP contribution in [0.4, 0.5) is 0 Å². The zero-order valence-corrected chi connectivity index (χ0v) is 32.9. The maximum Gasteiger partial charge on any atom is 0.243 e. The first-order chi connectivity index (χ1) is 27.3. The van der Waals surface area contributed by atoms with E-state index in [2.05, 4.69) is 9.97 Å². The van der Waals surface area contributed by atoms with Gasteiger partial charge < -0.3 is 28.4 Å². The van der Waals surface area contributed by atoms with Gasteiger partial charge in [0.1, 0.15) is 26.4 Å². The molecule has 0 unspecified atom stereocenters. The summed E-state index contributed by atoms with van der Waals surface area (Å²) in [5, 5.41) is 0. The number of hydrogen-bond acceptors (Lipinski definition) is 12. The molecule has 3 aliphatic heterocycles. The highest BCUT2D eigenvalue weighted by Gasteiger charge is 2.36. The second-order valence-corrected chi connectivity index (χ2v) is 17.4. The van der Waals surface area contributed by atoms with Crippen molar-refractivity contribution in [1.82, 2.24) is 18.6 Å². The lowest BCUT2D eigenvalue weighted by atomic mass is 9.99. The van der Waals surface area contributed by atoms with Crippen LogP contribution in [-0.4, -0.2) is 101 Å². The summed E-state index contributed by atoms with van der Waals surface area (Å²) in [6, 6.07) is 16.1. The molecule has 0 radical (unpaired) electrons. The van der Waals surface area contributed by atoms with Crippen molar-refractivity contribution in [2.24, 2.45) is 0 Å². The number of hydrogen-bond donors (Lipinski definition) is 0. The van der Waals surface area contributed by atoms with Gasteiger partial charge in [0.2, 0.25) is 20.0 Å². The third-order valence-corrected chi connectivity index (χ3v) is 13.8. The summed E-state index contributed by atoms with van der Waals surface area (Å²) < 4.78 is 95.0. The van der Waals surface area contributed by atoms with Crippen LogP contribution < -0.4 is 18.9 Å². The fraction of sp³-hybridized carbons (Fsp3) is 0.450. The molecule has 0 N–H and O–H groups in total. The lowest BCUT2D eigenvalue weighted by Crippen LogP contribution is -2.38. The van der Waals surface area contributed by atoms with E-state index >= 15 is 0 Å². The maximum atomic E-state index is 14.1. The smallest absolute Gasteiger partial charge is 0.243 e. The van der Waals surface area contributed by atoms with E-state index in [1.807, 2.05) is 24.3 Å². The van der Waals surface area contributed by atoms with Gasteiger partial charge in [0.15, 0.2) is 23.0 Å². The molecular weight excluding hydrogens is 761 g/mol. The molecule has 0 aliphatic carbocycles. The number of nitrogens with zero attached hydrogens (tertiary/aromatic N) is 4. The fourth-order valence-corrected chi connectivity index (χ4v) is 10.7. The van der Waals surface area contributed by atoms with Crippen LogP contribution in [0.5, 0.6) is 23.0 Å². The standard InChI is InChI=1S/C40H48N4O10S2/c45-55(46,43-17-3-1-9-35(43)31-7-5-15-41-29-31)33-11-13-37-39(27-33)53-25-21-50-22-26-54-40-28-34(12-14-38(40)52-24-20-49-19-23-51-37)56(47,48)44-18-4-2-10-36(44)32-8-6-16-42-30-32/h5-8,11-16,27-30,35-36H,1-4,9-10,17-26H2/t35-,36-/m1/s1. The Hall–Kier alpha value is -4.32. The Morgan fingerprint density at radius 2 is 0.911 bits per heavy atom. The van der Waals surface area contributed by atoms with E-state index in [1.165, 1.54) is 12.1 Å². The van der Waals surface area contributed by atoms with E-state index in [0.717, 1.165) is 36.8 Å². The molecule has 0 amide bonds. The van der Waals surface area contributed by atoms with Crippen molar-refractivity contribution in [1.29, 1.82) is 0 Å². The number of piperidine rings is 2. The van der Waals surface area contributed by atoms with Crippen molar-refractivity contribution >= 4 is 20.0 Å². The Morgan fingerprint density at radius 3 is 1.30 bits per heavy atom. The highest BCUT2D eigenvalue weighted by Crippen LogP contribution is 2.39. The summed E-state index contributed by atoms with van der Waals surface area (Å²) in [5.74, 6) is 1.30. The monoisotopic (exact) mass is 808 g/mol. The topological polar surface area (TPSA) is 156 Å². The number of benzene rings is 2. The Balaban J connectivity index is 1.03. The lowest BCUT2D eigenvalue weighted by molar-refractivity contribution is 0.0639. The third kappa shape index (κ3) is 9.44. The van der Waals surface area contributed by atoms with E-state index < -0.39 is 20.0 Å². The first-order valence-electron chi connectivity index (χ1n) is 19.1. The second kappa shape index (κ2) is 18.7. The van der Waals surface area contributed by atoms with Crippen LogP contribution in [0.15, 0.2) is 95.2 Å². The molecule has 0 bridgehead atoms. The van der Waals surface area contributed by atoms with Crippen molar-refractivity contribution in [3.63, 3.8) is 0 Å². The largest absolute Gasteiger partial charge is 0.487 e. The molecule has 14 nitrogen and oxygen atoms in total. The molecule has 56 heavy (non-hydrogen) atoms. The number of pyridine rings is 2. The predicted molar refractivity (Wildman–Crippen MR) is 206 cm³/mol. The summed E-state index contributed by atoms with van der Waals surface area (Å²) >= 11 is 0. The van der Waals surface area contributed by atoms with Gasteiger partial charge in [-0.1, -0.05) is 25.0 Å². The van der Waals surface area contributed by atoms with Crippen molar-refractivity contribution in [3.05, 3.63) is 96.6 Å². The van der Waals surface area contributed by atoms with Crippen LogP contribution in [0, 0.1) is 0 Å². The van der Waals surface area contributed by atoms with E-state index in [9.17, 15) is 16.8 Å². The van der Waals surface area contributed by atoms with Crippen LogP contribution in [0.2, 0.25) is 0 Å². The van der Waals surface area contributed by atoms with Crippen molar-refractivity contribution in [2.75, 3.05) is 65.9 Å². The Morgan fingerprint density at radius 1 is 0.500 bits per heavy atom. The first kappa shape index (κ1) is 39.9. The van der Waals surface area contributed by atoms with Gasteiger partial charge in [-0.05, 0) is 73.2 Å². The molecule has 5 heterocycles. The average molecular weight is 809 g/mol. The molecule has 2 fully saturated rings. The first-order valence-corrected chi connectivity index (χ1v) is 22.0. The molecular formula is C40H48N4O10S2. The number of ether oxygens (including phenoxy) is 6. The van der Waals surface area contributed by atoms with Crippen LogP contribution >= 0.6 is 0 Å². The molecule has 2 aromatic heterocycles. The minimum atomic E-state index is -3.89. The maximum absolute atomic E-state index is 14.1. The summed E-state index contributed by atoms with van der Waals surface area (Å²) in [6.07, 6.45) is 11.6. The fourth-order valence-electron chi connectivity index (χ4n) is 7.28. The summed E-state index contributed by atoms with van der Waals surface area (Å²) in [4.78, 5) is 8.65. The molecule has 4 aromatic rings. The minimum absolute atomic E-state index is 0.105. The van der Waals surface area contributed by atoms with Gasteiger partial charge in [-0.3, -0.25) is 9.97 Å². The van der Waals surface area contributed by atoms with E-state index in [1.54, 1.807) is 57.7 Å². The van der Waals surface area contributed by atoms with E-state index in [-0.39, 0.29) is 86.2 Å². The second-order valence-electron chi connectivity index (χ2n) is 13.7. The van der Waals surface area contributed by atoms with Crippen LogP contribution in [0.1, 0.15) is 61.7 Å². The highest BCUT2D eigenvalue weighted by molar-refractivity contribution is 7.89. The zero-order chi connectivity index (χ0) is 38.8. The molecule has 2 aromatic carbocycles. The molecule has 300 valence electrons. The molecule has 0 saturated carbocycles. The molecule has 16 heteroatoms. The van der Waals surface area contributed by atoms with Gasteiger partial charge >= 0.3 is 0 Å². The Labute approximate surface area is 328 Å². The average Bonchev–Trinajstić information content (AvgIpc) is 3.23. The van der Waals surface area contributed by atoms with Gasteiger partial charge in [0.05, 0.1) is 48.3 Å². The SMILES string of the molecule is O=S(=O)(c1ccc2c(c1)OCCOCCOc1cc(S(=O)(=O)N3CCCC[C@@H]3c3cccnc3)ccc1OCCOCCO2)N1CCCC[C@@H]1c1cccnc1. The molecule has 7 rings (SSSR count). The molecule has 2 saturated heterocycles. The molecule has 2 atom stereocenters. The van der Waals surface area contributed by atoms with Gasteiger partial charge in [0.25, 0.3) is 0 Å². The van der Waals surface area contributed by atoms with Gasteiger partial charge in [-0.2, -0.15) is 8.61 Å². The summed E-state index contributed by atoms with van der Waals surface area (Å²) in [6.45, 7) is 2.14. The quantitative estimate of drug-likeness (QED) is 0.239. The zero-order valence-electron chi connectivity index (χ0n) is 31.2. The summed E-state index contributed by atoms with van der Waals surface area (Å²) in [7, 11) is -7.78. The third-order valence-electron chi connectivity index (χ3n) is 10.0. The van der Waals surface area contributed by atoms with Gasteiger partial charge in [-0.15, -0.1) is 0 Å². The van der Waals surface area contributed by atoms with Crippen molar-refractivity contribution in [3.8, 4) is 23.0 Å². The Kier molecular flexibility index (Phi) is 13.4. The van der Waals surface area contributed by atoms with Crippen LogP contribution in [0.25, 0.3) is 0 Å². The van der Waals surface area contributed by atoms with Gasteiger partial charge in [-0.25, -0.2) is 16.8 Å². The van der Waals surface area contributed by atoms with Crippen molar-refractivity contribution in [2.45, 2.75) is 60.4 Å². The van der Waals surface area contributed by atoms with Crippen LogP contribution in [-0.2, 0) is 29.5 Å². The minimum Gasteiger partial charge on any atom is -0.487 e. The van der Waals surface area contributed by atoms with E-state index in [4.69, 9.17) is 28.4 Å². The molecule has 3 aliphatic rings. The van der Waals surface area contributed by atoms with Crippen LogP contribution in [0.3, 0.4) is 0 Å². The molecule has 0 spiro atoms. The summed E-state index contributed by atoms with van der Waals surface area (Å²) in [5.41, 5.74) is 1.72. The van der Waals surface area contributed by atoms with Crippen molar-refractivity contribution < 1.29 is 45.3 Å². The number of aromatic nitrogens is 2.